The fourth-order valence-corrected chi connectivity index (χ4v) is 5.58. The summed E-state index contributed by atoms with van der Waals surface area (Å²) in [5, 5.41) is 0. The first-order chi connectivity index (χ1) is 13.1. The molecule has 1 saturated heterocycles. The van der Waals surface area contributed by atoms with E-state index in [4.69, 9.17) is 0 Å². The number of aryl methyl sites for hydroxylation is 3. The van der Waals surface area contributed by atoms with Gasteiger partial charge in [0, 0.05) is 13.1 Å². The lowest BCUT2D eigenvalue weighted by Crippen LogP contribution is -2.29. The molecule has 28 heavy (non-hydrogen) atoms. The van der Waals surface area contributed by atoms with E-state index in [0.29, 0.717) is 29.2 Å². The van der Waals surface area contributed by atoms with Crippen LogP contribution < -0.4 is 4.72 Å². The van der Waals surface area contributed by atoms with E-state index in [1.165, 1.54) is 0 Å². The molecule has 1 amide bonds. The molecule has 1 fully saturated rings. The zero-order valence-electron chi connectivity index (χ0n) is 17.2. The first kappa shape index (κ1) is 20.4. The van der Waals surface area contributed by atoms with Crippen LogP contribution in [-0.2, 0) is 10.0 Å². The zero-order chi connectivity index (χ0) is 20.6. The fraction of sp³-hybridized carbons (Fsp3) is 0.409. The van der Waals surface area contributed by atoms with Crippen molar-refractivity contribution in [2.75, 3.05) is 17.8 Å². The predicted molar refractivity (Wildman–Crippen MR) is 113 cm³/mol. The lowest BCUT2D eigenvalue weighted by molar-refractivity contribution is 0.0793. The molecule has 0 unspecified atom stereocenters. The maximum atomic E-state index is 13.3. The highest BCUT2D eigenvalue weighted by molar-refractivity contribution is 7.92. The van der Waals surface area contributed by atoms with Crippen LogP contribution in [0.4, 0.5) is 5.69 Å². The van der Waals surface area contributed by atoms with Gasteiger partial charge in [0.1, 0.15) is 0 Å². The van der Waals surface area contributed by atoms with Crippen molar-refractivity contribution in [2.45, 2.75) is 52.4 Å². The predicted octanol–water partition coefficient (Wildman–Crippen LogP) is 4.27. The fourth-order valence-electron chi connectivity index (χ4n) is 3.89. The number of benzene rings is 2. The Kier molecular flexibility index (Phi) is 5.53. The molecule has 5 nitrogen and oxygen atoms in total. The molecular formula is C22H28N2O3S. The van der Waals surface area contributed by atoms with E-state index >= 15 is 0 Å². The van der Waals surface area contributed by atoms with Gasteiger partial charge in [-0.25, -0.2) is 8.42 Å². The Balaban J connectivity index is 2.08. The molecule has 3 rings (SSSR count). The van der Waals surface area contributed by atoms with Gasteiger partial charge in [0.2, 0.25) is 0 Å². The lowest BCUT2D eigenvalue weighted by atomic mass is 10.0. The molecule has 1 aliphatic rings. The van der Waals surface area contributed by atoms with Gasteiger partial charge in [0.05, 0.1) is 16.1 Å². The molecular weight excluding hydrogens is 372 g/mol. The summed E-state index contributed by atoms with van der Waals surface area (Å²) in [6.45, 7) is 10.7. The molecule has 0 aromatic heterocycles. The Morgan fingerprint density at radius 3 is 2.07 bits per heavy atom. The second kappa shape index (κ2) is 7.59. The van der Waals surface area contributed by atoms with Gasteiger partial charge in [-0.1, -0.05) is 18.2 Å². The molecule has 0 radical (unpaired) electrons. The highest BCUT2D eigenvalue weighted by atomic mass is 32.2. The lowest BCUT2D eigenvalue weighted by Gasteiger charge is -2.21. The Bertz CT molecular complexity index is 1010. The molecule has 1 heterocycles. The summed E-state index contributed by atoms with van der Waals surface area (Å²) < 4.78 is 29.3. The molecule has 0 bridgehead atoms. The minimum Gasteiger partial charge on any atom is -0.339 e. The molecule has 2 aromatic carbocycles. The number of sulfonamides is 1. The van der Waals surface area contributed by atoms with Gasteiger partial charge < -0.3 is 4.90 Å². The molecule has 6 heteroatoms. The molecule has 2 aromatic rings. The van der Waals surface area contributed by atoms with Crippen LogP contribution in [0.3, 0.4) is 0 Å². The summed E-state index contributed by atoms with van der Waals surface area (Å²) in [7, 11) is -3.84. The SMILES string of the molecule is Cc1cc(C)c(C)c(S(=O)(=O)Nc2cccc(C)c2C(=O)N2CCCC2)c1C. The standard InChI is InChI=1S/C22H28N2O3S/c1-14-9-8-10-19(20(14)22(25)24-11-6-7-12-24)23-28(26,27)21-17(4)15(2)13-16(3)18(21)5/h8-10,13,23H,6-7,11-12H2,1-5H3. The van der Waals surface area contributed by atoms with Crippen LogP contribution in [0.2, 0.25) is 0 Å². The largest absolute Gasteiger partial charge is 0.339 e. The van der Waals surface area contributed by atoms with Crippen LogP contribution in [0.25, 0.3) is 0 Å². The Morgan fingerprint density at radius 2 is 1.50 bits per heavy atom. The molecule has 150 valence electrons. The van der Waals surface area contributed by atoms with E-state index in [9.17, 15) is 13.2 Å². The number of hydrogen-bond donors (Lipinski definition) is 1. The summed E-state index contributed by atoms with van der Waals surface area (Å²) in [4.78, 5) is 15.1. The van der Waals surface area contributed by atoms with Crippen molar-refractivity contribution in [3.63, 3.8) is 0 Å². The van der Waals surface area contributed by atoms with Crippen molar-refractivity contribution < 1.29 is 13.2 Å². The smallest absolute Gasteiger partial charge is 0.262 e. The number of carbonyl (C=O) groups is 1. The molecule has 0 aliphatic carbocycles. The highest BCUT2D eigenvalue weighted by Crippen LogP contribution is 2.30. The maximum Gasteiger partial charge on any atom is 0.262 e. The molecule has 0 atom stereocenters. The number of carbonyl (C=O) groups excluding carboxylic acids is 1. The van der Waals surface area contributed by atoms with Crippen molar-refractivity contribution in [3.05, 3.63) is 57.6 Å². The third kappa shape index (κ3) is 3.65. The number of nitrogens with zero attached hydrogens (tertiary/aromatic N) is 1. The first-order valence-electron chi connectivity index (χ1n) is 9.62. The Morgan fingerprint density at radius 1 is 0.929 bits per heavy atom. The average Bonchev–Trinajstić information content (AvgIpc) is 3.14. The van der Waals surface area contributed by atoms with Crippen molar-refractivity contribution >= 4 is 21.6 Å². The van der Waals surface area contributed by atoms with Crippen LogP contribution in [0.5, 0.6) is 0 Å². The van der Waals surface area contributed by atoms with E-state index in [1.807, 2.05) is 46.8 Å². The normalized spacial score (nSPS) is 14.4. The second-order valence-corrected chi connectivity index (χ2v) is 9.31. The number of anilines is 1. The van der Waals surface area contributed by atoms with Crippen LogP contribution in [-0.4, -0.2) is 32.3 Å². The number of rotatable bonds is 4. The van der Waals surface area contributed by atoms with Gasteiger partial charge in [-0.15, -0.1) is 0 Å². The van der Waals surface area contributed by atoms with Crippen molar-refractivity contribution in [1.29, 1.82) is 0 Å². The van der Waals surface area contributed by atoms with E-state index in [0.717, 1.165) is 40.7 Å². The average molecular weight is 401 g/mol. The summed E-state index contributed by atoms with van der Waals surface area (Å²) in [5.74, 6) is -0.109. The Hall–Kier alpha value is -2.34. The maximum absolute atomic E-state index is 13.3. The van der Waals surface area contributed by atoms with E-state index in [2.05, 4.69) is 4.72 Å². The number of nitrogens with one attached hydrogen (secondary N) is 1. The first-order valence-corrected chi connectivity index (χ1v) is 11.1. The van der Waals surface area contributed by atoms with Crippen molar-refractivity contribution in [1.82, 2.24) is 4.90 Å². The number of likely N-dealkylation sites (tertiary alicyclic amines) is 1. The van der Waals surface area contributed by atoms with Gasteiger partial charge >= 0.3 is 0 Å². The van der Waals surface area contributed by atoms with E-state index in [1.54, 1.807) is 17.0 Å². The van der Waals surface area contributed by atoms with Crippen LogP contribution in [0.1, 0.15) is 51.0 Å². The minimum atomic E-state index is -3.84. The highest BCUT2D eigenvalue weighted by Gasteiger charge is 2.27. The monoisotopic (exact) mass is 400 g/mol. The summed E-state index contributed by atoms with van der Waals surface area (Å²) in [6, 6.07) is 7.28. The minimum absolute atomic E-state index is 0.109. The van der Waals surface area contributed by atoms with Crippen molar-refractivity contribution in [2.24, 2.45) is 0 Å². The number of hydrogen-bond acceptors (Lipinski definition) is 3. The van der Waals surface area contributed by atoms with Gasteiger partial charge in [-0.05, 0) is 81.3 Å². The van der Waals surface area contributed by atoms with Gasteiger partial charge in [-0.3, -0.25) is 9.52 Å². The number of amides is 1. The zero-order valence-corrected chi connectivity index (χ0v) is 18.0. The van der Waals surface area contributed by atoms with E-state index in [-0.39, 0.29) is 5.91 Å². The molecule has 1 aliphatic heterocycles. The Labute approximate surface area is 167 Å². The van der Waals surface area contributed by atoms with Crippen molar-refractivity contribution in [3.8, 4) is 0 Å². The van der Waals surface area contributed by atoms with Crippen LogP contribution >= 0.6 is 0 Å². The molecule has 1 N–H and O–H groups in total. The quantitative estimate of drug-likeness (QED) is 0.834. The van der Waals surface area contributed by atoms with Crippen LogP contribution in [0.15, 0.2) is 29.2 Å². The van der Waals surface area contributed by atoms with Gasteiger partial charge in [0.15, 0.2) is 0 Å². The summed E-state index contributed by atoms with van der Waals surface area (Å²) >= 11 is 0. The summed E-state index contributed by atoms with van der Waals surface area (Å²) in [5.41, 5.74) is 4.88. The molecule has 0 spiro atoms. The second-order valence-electron chi connectivity index (χ2n) is 7.69. The van der Waals surface area contributed by atoms with E-state index < -0.39 is 10.0 Å². The van der Waals surface area contributed by atoms with Crippen LogP contribution in [0, 0.1) is 34.6 Å². The third-order valence-corrected chi connectivity index (χ3v) is 7.33. The summed E-state index contributed by atoms with van der Waals surface area (Å²) in [6.07, 6.45) is 1.97. The third-order valence-electron chi connectivity index (χ3n) is 5.69. The van der Waals surface area contributed by atoms with Gasteiger partial charge in [0.25, 0.3) is 15.9 Å². The topological polar surface area (TPSA) is 66.5 Å². The van der Waals surface area contributed by atoms with Gasteiger partial charge in [-0.2, -0.15) is 0 Å². The molecule has 0 saturated carbocycles.